The van der Waals surface area contributed by atoms with Gasteiger partial charge in [0.25, 0.3) is 5.91 Å². The number of hydrogen-bond donors (Lipinski definition) is 3. The zero-order chi connectivity index (χ0) is 17.6. The van der Waals surface area contributed by atoms with Crippen molar-refractivity contribution in [1.29, 1.82) is 0 Å². The van der Waals surface area contributed by atoms with Crippen LogP contribution in [0.15, 0.2) is 65.8 Å². The Morgan fingerprint density at radius 1 is 1.12 bits per heavy atom. The van der Waals surface area contributed by atoms with Gasteiger partial charge in [0.2, 0.25) is 0 Å². The predicted molar refractivity (Wildman–Crippen MR) is 101 cm³/mol. The molecule has 0 unspecified atom stereocenters. The van der Waals surface area contributed by atoms with Crippen LogP contribution in [0.1, 0.15) is 11.1 Å². The average molecular weight is 333 g/mol. The molecule has 3 rings (SSSR count). The summed E-state index contributed by atoms with van der Waals surface area (Å²) in [5, 5.41) is 18.9. The maximum atomic E-state index is 11.9. The molecule has 0 bridgehead atoms. The molecule has 5 heteroatoms. The number of aromatic hydroxyl groups is 1. The smallest absolute Gasteiger partial charge is 0.259 e. The van der Waals surface area contributed by atoms with Crippen molar-refractivity contribution in [2.24, 2.45) is 5.10 Å². The van der Waals surface area contributed by atoms with Gasteiger partial charge in [0, 0.05) is 16.6 Å². The molecule has 5 nitrogen and oxygen atoms in total. The van der Waals surface area contributed by atoms with Gasteiger partial charge in [0.15, 0.2) is 0 Å². The summed E-state index contributed by atoms with van der Waals surface area (Å²) in [5.74, 6) is -0.145. The lowest BCUT2D eigenvalue weighted by Gasteiger charge is -2.08. The van der Waals surface area contributed by atoms with Crippen molar-refractivity contribution in [2.45, 2.75) is 6.92 Å². The van der Waals surface area contributed by atoms with Crippen molar-refractivity contribution in [3.05, 3.63) is 71.8 Å². The average Bonchev–Trinajstić information content (AvgIpc) is 2.63. The highest BCUT2D eigenvalue weighted by Crippen LogP contribution is 2.22. The number of carbonyl (C=O) groups excluding carboxylic acids is 1. The van der Waals surface area contributed by atoms with E-state index < -0.39 is 0 Å². The Hall–Kier alpha value is -3.34. The van der Waals surface area contributed by atoms with Crippen LogP contribution >= 0.6 is 0 Å². The monoisotopic (exact) mass is 333 g/mol. The van der Waals surface area contributed by atoms with Crippen molar-refractivity contribution in [1.82, 2.24) is 5.43 Å². The second-order valence-electron chi connectivity index (χ2n) is 5.74. The highest BCUT2D eigenvalue weighted by molar-refractivity contribution is 5.95. The van der Waals surface area contributed by atoms with Gasteiger partial charge in [-0.1, -0.05) is 48.0 Å². The summed E-state index contributed by atoms with van der Waals surface area (Å²) in [6.07, 6.45) is 1.43. The van der Waals surface area contributed by atoms with Gasteiger partial charge in [-0.3, -0.25) is 4.79 Å². The minimum atomic E-state index is -0.267. The third kappa shape index (κ3) is 4.14. The van der Waals surface area contributed by atoms with Crippen LogP contribution in [-0.2, 0) is 4.79 Å². The zero-order valence-corrected chi connectivity index (χ0v) is 13.9. The number of fused-ring (bicyclic) bond motifs is 1. The number of nitrogens with one attached hydrogen (secondary N) is 2. The molecule has 0 aliphatic rings. The summed E-state index contributed by atoms with van der Waals surface area (Å²) in [5.41, 5.74) is 4.91. The lowest BCUT2D eigenvalue weighted by molar-refractivity contribution is -0.119. The normalized spacial score (nSPS) is 10.9. The molecule has 0 aliphatic carbocycles. The van der Waals surface area contributed by atoms with Crippen molar-refractivity contribution in [3.63, 3.8) is 0 Å². The molecule has 0 fully saturated rings. The number of aryl methyl sites for hydroxylation is 1. The van der Waals surface area contributed by atoms with Gasteiger partial charge in [-0.25, -0.2) is 5.43 Å². The third-order valence-corrected chi connectivity index (χ3v) is 3.80. The molecule has 0 spiro atoms. The maximum Gasteiger partial charge on any atom is 0.259 e. The molecule has 0 saturated heterocycles. The zero-order valence-electron chi connectivity index (χ0n) is 13.9. The number of phenolic OH excluding ortho intramolecular Hbond substituents is 1. The van der Waals surface area contributed by atoms with E-state index in [2.05, 4.69) is 15.8 Å². The number of hydrazone groups is 1. The SMILES string of the molecule is Cc1ccc(O)c(/C=N\NC(=O)CNc2cccc3ccccc23)c1. The van der Waals surface area contributed by atoms with Gasteiger partial charge in [0.1, 0.15) is 5.75 Å². The van der Waals surface area contributed by atoms with E-state index in [-0.39, 0.29) is 18.2 Å². The van der Waals surface area contributed by atoms with Gasteiger partial charge in [-0.05, 0) is 30.5 Å². The van der Waals surface area contributed by atoms with Crippen molar-refractivity contribution in [2.75, 3.05) is 11.9 Å². The summed E-state index contributed by atoms with van der Waals surface area (Å²) in [4.78, 5) is 11.9. The first-order valence-electron chi connectivity index (χ1n) is 7.96. The van der Waals surface area contributed by atoms with E-state index in [0.717, 1.165) is 22.0 Å². The van der Waals surface area contributed by atoms with Crippen LogP contribution in [0.5, 0.6) is 5.75 Å². The number of hydrogen-bond acceptors (Lipinski definition) is 4. The van der Waals surface area contributed by atoms with Crippen LogP contribution in [0.25, 0.3) is 10.8 Å². The van der Waals surface area contributed by atoms with E-state index in [4.69, 9.17) is 0 Å². The first-order valence-corrected chi connectivity index (χ1v) is 7.96. The largest absolute Gasteiger partial charge is 0.507 e. The van der Waals surface area contributed by atoms with Crippen LogP contribution in [0.3, 0.4) is 0 Å². The molecule has 3 aromatic carbocycles. The predicted octanol–water partition coefficient (Wildman–Crippen LogP) is 3.42. The molecule has 126 valence electrons. The van der Waals surface area contributed by atoms with Gasteiger partial charge in [0.05, 0.1) is 12.8 Å². The standard InChI is InChI=1S/C20H19N3O2/c1-14-9-10-19(24)16(11-14)12-22-23-20(25)13-21-18-8-4-6-15-5-2-3-7-17(15)18/h2-12,21,24H,13H2,1H3,(H,23,25)/b22-12-. The van der Waals surface area contributed by atoms with Gasteiger partial charge < -0.3 is 10.4 Å². The molecule has 3 N–H and O–H groups in total. The molecule has 0 saturated carbocycles. The Bertz CT molecular complexity index is 930. The molecule has 0 radical (unpaired) electrons. The second-order valence-corrected chi connectivity index (χ2v) is 5.74. The summed E-state index contributed by atoms with van der Waals surface area (Å²) in [6.45, 7) is 2.02. The van der Waals surface area contributed by atoms with E-state index in [1.165, 1.54) is 6.21 Å². The first kappa shape index (κ1) is 16.5. The Kier molecular flexibility index (Phi) is 4.95. The molecular formula is C20H19N3O2. The lowest BCUT2D eigenvalue weighted by atomic mass is 10.1. The number of anilines is 1. The molecule has 1 amide bonds. The summed E-state index contributed by atoms with van der Waals surface area (Å²) in [6, 6.07) is 19.1. The number of benzene rings is 3. The number of carbonyl (C=O) groups is 1. The lowest BCUT2D eigenvalue weighted by Crippen LogP contribution is -2.25. The summed E-state index contributed by atoms with van der Waals surface area (Å²) in [7, 11) is 0. The Morgan fingerprint density at radius 3 is 2.80 bits per heavy atom. The Balaban J connectivity index is 1.59. The van der Waals surface area contributed by atoms with Gasteiger partial charge in [-0.15, -0.1) is 0 Å². The van der Waals surface area contributed by atoms with Gasteiger partial charge in [-0.2, -0.15) is 5.10 Å². The third-order valence-electron chi connectivity index (χ3n) is 3.80. The van der Waals surface area contributed by atoms with E-state index in [0.29, 0.717) is 5.56 Å². The van der Waals surface area contributed by atoms with Gasteiger partial charge >= 0.3 is 0 Å². The highest BCUT2D eigenvalue weighted by atomic mass is 16.3. The minimum absolute atomic E-state index is 0.102. The van der Waals surface area contributed by atoms with E-state index >= 15 is 0 Å². The van der Waals surface area contributed by atoms with Crippen LogP contribution in [-0.4, -0.2) is 23.8 Å². The molecule has 25 heavy (non-hydrogen) atoms. The number of phenols is 1. The van der Waals surface area contributed by atoms with E-state index in [9.17, 15) is 9.90 Å². The van der Waals surface area contributed by atoms with E-state index in [1.807, 2.05) is 49.4 Å². The van der Waals surface area contributed by atoms with Crippen molar-refractivity contribution < 1.29 is 9.90 Å². The van der Waals surface area contributed by atoms with Crippen LogP contribution < -0.4 is 10.7 Å². The van der Waals surface area contributed by atoms with E-state index in [1.54, 1.807) is 18.2 Å². The molecule has 0 heterocycles. The maximum absolute atomic E-state index is 11.9. The molecule has 0 atom stereocenters. The Morgan fingerprint density at radius 2 is 1.92 bits per heavy atom. The fourth-order valence-corrected chi connectivity index (χ4v) is 2.55. The number of rotatable bonds is 5. The second kappa shape index (κ2) is 7.49. The fraction of sp³-hybridized carbons (Fsp3) is 0.100. The quantitative estimate of drug-likeness (QED) is 0.495. The molecule has 3 aromatic rings. The molecule has 0 aromatic heterocycles. The van der Waals surface area contributed by atoms with Crippen LogP contribution in [0.4, 0.5) is 5.69 Å². The number of nitrogens with zero attached hydrogens (tertiary/aromatic N) is 1. The molecule has 0 aliphatic heterocycles. The summed E-state index contributed by atoms with van der Waals surface area (Å²) < 4.78 is 0. The van der Waals surface area contributed by atoms with Crippen molar-refractivity contribution in [3.8, 4) is 5.75 Å². The van der Waals surface area contributed by atoms with Crippen molar-refractivity contribution >= 4 is 28.6 Å². The Labute approximate surface area is 146 Å². The summed E-state index contributed by atoms with van der Waals surface area (Å²) >= 11 is 0. The molecular weight excluding hydrogens is 314 g/mol. The topological polar surface area (TPSA) is 73.7 Å². The minimum Gasteiger partial charge on any atom is -0.507 e. The highest BCUT2D eigenvalue weighted by Gasteiger charge is 2.03. The van der Waals surface area contributed by atoms with Crippen LogP contribution in [0.2, 0.25) is 0 Å². The fourth-order valence-electron chi connectivity index (χ4n) is 2.55. The van der Waals surface area contributed by atoms with Crippen LogP contribution in [0, 0.1) is 6.92 Å². The number of amides is 1. The first-order chi connectivity index (χ1) is 12.1.